The molecule has 76 valence electrons. The molecule has 2 rings (SSSR count). The Morgan fingerprint density at radius 3 is 2.62 bits per heavy atom. The molecule has 0 saturated carbocycles. The first kappa shape index (κ1) is 9.44. The minimum Gasteiger partial charge on any atom is -0.381 e. The second-order valence-electron chi connectivity index (χ2n) is 4.23. The van der Waals surface area contributed by atoms with Gasteiger partial charge in [-0.05, 0) is 38.3 Å². The maximum Gasteiger partial charge on any atom is 0.0480 e. The molecular formula is C10H20N2O. The standard InChI is InChI=1S/C10H20N2O/c11-7-9-1-4-12(8-9)10-2-5-13-6-3-10/h9-10H,1-8,11H2. The molecule has 2 saturated heterocycles. The third-order valence-electron chi connectivity index (χ3n) is 3.36. The Morgan fingerprint density at radius 2 is 2.00 bits per heavy atom. The molecule has 0 bridgehead atoms. The van der Waals surface area contributed by atoms with E-state index >= 15 is 0 Å². The van der Waals surface area contributed by atoms with Gasteiger partial charge in [0, 0.05) is 25.8 Å². The molecule has 2 fully saturated rings. The predicted octanol–water partition coefficient (Wildman–Crippen LogP) is 0.446. The van der Waals surface area contributed by atoms with E-state index in [0.717, 1.165) is 31.7 Å². The van der Waals surface area contributed by atoms with Gasteiger partial charge >= 0.3 is 0 Å². The van der Waals surface area contributed by atoms with E-state index in [-0.39, 0.29) is 0 Å². The maximum atomic E-state index is 5.67. The van der Waals surface area contributed by atoms with Crippen LogP contribution in [0.2, 0.25) is 0 Å². The van der Waals surface area contributed by atoms with Crippen LogP contribution in [0.3, 0.4) is 0 Å². The Balaban J connectivity index is 1.80. The number of ether oxygens (including phenoxy) is 1. The first-order chi connectivity index (χ1) is 6.40. The van der Waals surface area contributed by atoms with Crippen molar-refractivity contribution in [2.45, 2.75) is 25.3 Å². The van der Waals surface area contributed by atoms with Crippen LogP contribution in [0, 0.1) is 5.92 Å². The number of likely N-dealkylation sites (tertiary alicyclic amines) is 1. The zero-order valence-corrected chi connectivity index (χ0v) is 8.24. The van der Waals surface area contributed by atoms with Gasteiger partial charge in [0.05, 0.1) is 0 Å². The van der Waals surface area contributed by atoms with E-state index in [2.05, 4.69) is 4.90 Å². The average Bonchev–Trinajstić information content (AvgIpc) is 2.67. The third-order valence-corrected chi connectivity index (χ3v) is 3.36. The topological polar surface area (TPSA) is 38.5 Å². The van der Waals surface area contributed by atoms with E-state index in [1.165, 1.54) is 32.4 Å². The van der Waals surface area contributed by atoms with Crippen molar-refractivity contribution >= 4 is 0 Å². The molecule has 0 aromatic rings. The van der Waals surface area contributed by atoms with Crippen LogP contribution in [0.25, 0.3) is 0 Å². The Hall–Kier alpha value is -0.120. The van der Waals surface area contributed by atoms with E-state index in [0.29, 0.717) is 0 Å². The van der Waals surface area contributed by atoms with E-state index in [4.69, 9.17) is 10.5 Å². The fraction of sp³-hybridized carbons (Fsp3) is 1.00. The molecule has 0 amide bonds. The first-order valence-electron chi connectivity index (χ1n) is 5.42. The number of nitrogens with two attached hydrogens (primary N) is 1. The Bertz CT molecular complexity index is 157. The number of rotatable bonds is 2. The van der Waals surface area contributed by atoms with Crippen molar-refractivity contribution in [1.29, 1.82) is 0 Å². The molecule has 3 nitrogen and oxygen atoms in total. The lowest BCUT2D eigenvalue weighted by Crippen LogP contribution is -2.38. The summed E-state index contributed by atoms with van der Waals surface area (Å²) in [7, 11) is 0. The van der Waals surface area contributed by atoms with Gasteiger partial charge in [0.2, 0.25) is 0 Å². The lowest BCUT2D eigenvalue weighted by atomic mass is 10.1. The van der Waals surface area contributed by atoms with Crippen LogP contribution >= 0.6 is 0 Å². The normalized spacial score (nSPS) is 32.5. The van der Waals surface area contributed by atoms with Gasteiger partial charge in [-0.3, -0.25) is 4.90 Å². The highest BCUT2D eigenvalue weighted by atomic mass is 16.5. The fourth-order valence-electron chi connectivity index (χ4n) is 2.44. The molecule has 1 unspecified atom stereocenters. The summed E-state index contributed by atoms with van der Waals surface area (Å²) in [6.45, 7) is 5.25. The Kier molecular flexibility index (Phi) is 3.19. The first-order valence-corrected chi connectivity index (χ1v) is 5.42. The quantitative estimate of drug-likeness (QED) is 0.677. The van der Waals surface area contributed by atoms with Gasteiger partial charge in [0.15, 0.2) is 0 Å². The second kappa shape index (κ2) is 4.40. The molecule has 1 atom stereocenters. The molecule has 2 N–H and O–H groups in total. The van der Waals surface area contributed by atoms with Crippen LogP contribution in [0.1, 0.15) is 19.3 Å². The van der Waals surface area contributed by atoms with Crippen molar-refractivity contribution < 1.29 is 4.74 Å². The van der Waals surface area contributed by atoms with Crippen molar-refractivity contribution in [2.75, 3.05) is 32.8 Å². The summed E-state index contributed by atoms with van der Waals surface area (Å²) in [4.78, 5) is 2.61. The van der Waals surface area contributed by atoms with Gasteiger partial charge in [-0.15, -0.1) is 0 Å². The molecule has 3 heteroatoms. The predicted molar refractivity (Wildman–Crippen MR) is 52.6 cm³/mol. The lowest BCUT2D eigenvalue weighted by molar-refractivity contribution is 0.0412. The molecule has 0 spiro atoms. The average molecular weight is 184 g/mol. The van der Waals surface area contributed by atoms with Crippen molar-refractivity contribution in [3.05, 3.63) is 0 Å². The van der Waals surface area contributed by atoms with Crippen LogP contribution in [0.5, 0.6) is 0 Å². The molecule has 13 heavy (non-hydrogen) atoms. The van der Waals surface area contributed by atoms with Gasteiger partial charge in [0.25, 0.3) is 0 Å². The summed E-state index contributed by atoms with van der Waals surface area (Å²) in [6, 6.07) is 0.783. The van der Waals surface area contributed by atoms with E-state index in [1.807, 2.05) is 0 Å². The van der Waals surface area contributed by atoms with Crippen LogP contribution in [0.4, 0.5) is 0 Å². The molecule has 0 aromatic heterocycles. The zero-order valence-electron chi connectivity index (χ0n) is 8.24. The summed E-state index contributed by atoms with van der Waals surface area (Å²) in [5, 5.41) is 0. The molecule has 2 aliphatic rings. The van der Waals surface area contributed by atoms with Crippen molar-refractivity contribution in [2.24, 2.45) is 11.7 Å². The Morgan fingerprint density at radius 1 is 1.23 bits per heavy atom. The number of nitrogens with zero attached hydrogens (tertiary/aromatic N) is 1. The monoisotopic (exact) mass is 184 g/mol. The van der Waals surface area contributed by atoms with Gasteiger partial charge in [0.1, 0.15) is 0 Å². The highest BCUT2D eigenvalue weighted by Gasteiger charge is 2.28. The van der Waals surface area contributed by atoms with Crippen LogP contribution in [0.15, 0.2) is 0 Å². The van der Waals surface area contributed by atoms with E-state index in [9.17, 15) is 0 Å². The summed E-state index contributed by atoms with van der Waals surface area (Å²) in [5.41, 5.74) is 5.67. The summed E-state index contributed by atoms with van der Waals surface area (Å²) in [6.07, 6.45) is 3.74. The van der Waals surface area contributed by atoms with Gasteiger partial charge in [-0.1, -0.05) is 0 Å². The maximum absolute atomic E-state index is 5.67. The van der Waals surface area contributed by atoms with Gasteiger partial charge < -0.3 is 10.5 Å². The SMILES string of the molecule is NCC1CCN(C2CCOCC2)C1. The lowest BCUT2D eigenvalue weighted by Gasteiger charge is -2.30. The molecular weight excluding hydrogens is 164 g/mol. The van der Waals surface area contributed by atoms with E-state index in [1.54, 1.807) is 0 Å². The van der Waals surface area contributed by atoms with Crippen molar-refractivity contribution in [3.63, 3.8) is 0 Å². The van der Waals surface area contributed by atoms with Crippen LogP contribution < -0.4 is 5.73 Å². The smallest absolute Gasteiger partial charge is 0.0480 e. The van der Waals surface area contributed by atoms with Crippen LogP contribution in [-0.4, -0.2) is 43.8 Å². The second-order valence-corrected chi connectivity index (χ2v) is 4.23. The minimum absolute atomic E-state index is 0.753. The fourth-order valence-corrected chi connectivity index (χ4v) is 2.44. The largest absolute Gasteiger partial charge is 0.381 e. The molecule has 2 heterocycles. The molecule has 0 aromatic carbocycles. The molecule has 2 aliphatic heterocycles. The third kappa shape index (κ3) is 2.22. The van der Waals surface area contributed by atoms with Crippen molar-refractivity contribution in [1.82, 2.24) is 4.90 Å². The highest BCUT2D eigenvalue weighted by molar-refractivity contribution is 4.82. The Labute approximate surface area is 80.2 Å². The van der Waals surface area contributed by atoms with Gasteiger partial charge in [-0.25, -0.2) is 0 Å². The van der Waals surface area contributed by atoms with Crippen LogP contribution in [-0.2, 0) is 4.74 Å². The van der Waals surface area contributed by atoms with E-state index < -0.39 is 0 Å². The number of hydrogen-bond acceptors (Lipinski definition) is 3. The van der Waals surface area contributed by atoms with Crippen molar-refractivity contribution in [3.8, 4) is 0 Å². The summed E-state index contributed by atoms with van der Waals surface area (Å²) in [5.74, 6) is 0.753. The van der Waals surface area contributed by atoms with Gasteiger partial charge in [-0.2, -0.15) is 0 Å². The minimum atomic E-state index is 0.753. The zero-order chi connectivity index (χ0) is 9.10. The number of hydrogen-bond donors (Lipinski definition) is 1. The molecule has 0 aliphatic carbocycles. The summed E-state index contributed by atoms with van der Waals surface area (Å²) >= 11 is 0. The summed E-state index contributed by atoms with van der Waals surface area (Å²) < 4.78 is 5.36. The highest BCUT2D eigenvalue weighted by Crippen LogP contribution is 2.22. The molecule has 0 radical (unpaired) electrons.